The first-order valence-electron chi connectivity index (χ1n) is 6.18. The number of rotatable bonds is 4. The smallest absolute Gasteiger partial charge is 0.115 e. The fourth-order valence-electron chi connectivity index (χ4n) is 2.00. The molecule has 0 aliphatic heterocycles. The van der Waals surface area contributed by atoms with Crippen molar-refractivity contribution >= 4 is 5.69 Å². The van der Waals surface area contributed by atoms with E-state index in [0.29, 0.717) is 5.75 Å². The molecular formula is C14H19N3O. The lowest BCUT2D eigenvalue weighted by atomic mass is 10.1. The number of hydrogen-bond acceptors (Lipinski definition) is 3. The average molecular weight is 245 g/mol. The zero-order valence-electron chi connectivity index (χ0n) is 11.0. The molecule has 2 aromatic rings. The molecule has 0 bridgehead atoms. The number of nitrogens with zero attached hydrogens (tertiary/aromatic N) is 2. The molecule has 1 aromatic carbocycles. The van der Waals surface area contributed by atoms with Crippen molar-refractivity contribution in [3.05, 3.63) is 41.7 Å². The highest BCUT2D eigenvalue weighted by molar-refractivity contribution is 5.48. The summed E-state index contributed by atoms with van der Waals surface area (Å²) in [6, 6.07) is 7.44. The van der Waals surface area contributed by atoms with Crippen molar-refractivity contribution in [2.24, 2.45) is 7.05 Å². The lowest BCUT2D eigenvalue weighted by molar-refractivity contribution is 0.475. The van der Waals surface area contributed by atoms with Gasteiger partial charge in [-0.3, -0.25) is 4.68 Å². The molecule has 4 heteroatoms. The first-order valence-corrected chi connectivity index (χ1v) is 6.18. The standard InChI is InChI=1S/C14H19N3O/c1-4-13-14(9-17(3)16-13)15-10(2)11-5-7-12(18)8-6-11/h5-10,15,18H,4H2,1-3H3. The molecule has 0 aliphatic rings. The lowest BCUT2D eigenvalue weighted by Crippen LogP contribution is -2.07. The monoisotopic (exact) mass is 245 g/mol. The van der Waals surface area contributed by atoms with E-state index in [-0.39, 0.29) is 6.04 Å². The van der Waals surface area contributed by atoms with Gasteiger partial charge in [-0.1, -0.05) is 19.1 Å². The molecule has 0 saturated carbocycles. The summed E-state index contributed by atoms with van der Waals surface area (Å²) in [5, 5.41) is 17.1. The van der Waals surface area contributed by atoms with E-state index in [0.717, 1.165) is 23.4 Å². The first kappa shape index (κ1) is 12.5. The molecule has 2 N–H and O–H groups in total. The number of nitrogens with one attached hydrogen (secondary N) is 1. The molecule has 18 heavy (non-hydrogen) atoms. The molecule has 1 heterocycles. The average Bonchev–Trinajstić information content (AvgIpc) is 2.70. The Morgan fingerprint density at radius 2 is 2.00 bits per heavy atom. The Morgan fingerprint density at radius 1 is 1.33 bits per heavy atom. The minimum Gasteiger partial charge on any atom is -0.508 e. The predicted octanol–water partition coefficient (Wildman–Crippen LogP) is 2.86. The number of phenols is 1. The van der Waals surface area contributed by atoms with Crippen LogP contribution in [0.15, 0.2) is 30.5 Å². The Balaban J connectivity index is 2.15. The van der Waals surface area contributed by atoms with Gasteiger partial charge >= 0.3 is 0 Å². The van der Waals surface area contributed by atoms with Gasteiger partial charge in [-0.05, 0) is 31.0 Å². The van der Waals surface area contributed by atoms with E-state index in [2.05, 4.69) is 24.3 Å². The van der Waals surface area contributed by atoms with Gasteiger partial charge in [0.1, 0.15) is 5.75 Å². The number of anilines is 1. The Kier molecular flexibility index (Phi) is 3.55. The summed E-state index contributed by atoms with van der Waals surface area (Å²) in [4.78, 5) is 0. The Labute approximate surface area is 107 Å². The number of benzene rings is 1. The highest BCUT2D eigenvalue weighted by Crippen LogP contribution is 2.23. The van der Waals surface area contributed by atoms with Crippen LogP contribution in [-0.2, 0) is 13.5 Å². The molecule has 0 radical (unpaired) electrons. The van der Waals surface area contributed by atoms with Crippen LogP contribution < -0.4 is 5.32 Å². The fraction of sp³-hybridized carbons (Fsp3) is 0.357. The number of aromatic hydroxyl groups is 1. The van der Waals surface area contributed by atoms with Crippen LogP contribution >= 0.6 is 0 Å². The molecule has 0 fully saturated rings. The van der Waals surface area contributed by atoms with Gasteiger partial charge in [0.2, 0.25) is 0 Å². The third-order valence-corrected chi connectivity index (χ3v) is 3.01. The van der Waals surface area contributed by atoms with Crippen LogP contribution in [0.5, 0.6) is 5.75 Å². The van der Waals surface area contributed by atoms with Gasteiger partial charge in [0.15, 0.2) is 0 Å². The second-order valence-electron chi connectivity index (χ2n) is 4.47. The van der Waals surface area contributed by atoms with Crippen LogP contribution in [-0.4, -0.2) is 14.9 Å². The van der Waals surface area contributed by atoms with Crippen molar-refractivity contribution in [3.8, 4) is 5.75 Å². The summed E-state index contributed by atoms with van der Waals surface area (Å²) in [6.07, 6.45) is 2.90. The maximum absolute atomic E-state index is 9.28. The zero-order chi connectivity index (χ0) is 13.1. The van der Waals surface area contributed by atoms with Gasteiger partial charge in [0.25, 0.3) is 0 Å². The van der Waals surface area contributed by atoms with Crippen molar-refractivity contribution in [1.29, 1.82) is 0 Å². The molecule has 1 unspecified atom stereocenters. The Hall–Kier alpha value is -1.97. The summed E-state index contributed by atoms with van der Waals surface area (Å²) in [5.41, 5.74) is 3.28. The number of aryl methyl sites for hydroxylation is 2. The second-order valence-corrected chi connectivity index (χ2v) is 4.47. The summed E-state index contributed by atoms with van der Waals surface area (Å²) < 4.78 is 1.82. The van der Waals surface area contributed by atoms with Gasteiger partial charge in [0, 0.05) is 19.3 Å². The maximum atomic E-state index is 9.28. The van der Waals surface area contributed by atoms with Crippen molar-refractivity contribution < 1.29 is 5.11 Å². The highest BCUT2D eigenvalue weighted by atomic mass is 16.3. The van der Waals surface area contributed by atoms with Crippen molar-refractivity contribution in [2.75, 3.05) is 5.32 Å². The van der Waals surface area contributed by atoms with E-state index in [1.807, 2.05) is 30.1 Å². The minimum atomic E-state index is 0.181. The fourth-order valence-corrected chi connectivity index (χ4v) is 2.00. The quantitative estimate of drug-likeness (QED) is 0.870. The minimum absolute atomic E-state index is 0.181. The summed E-state index contributed by atoms with van der Waals surface area (Å²) in [5.74, 6) is 0.293. The molecule has 1 atom stereocenters. The Bertz CT molecular complexity index is 516. The predicted molar refractivity (Wildman–Crippen MR) is 72.7 cm³/mol. The van der Waals surface area contributed by atoms with Gasteiger partial charge in [-0.15, -0.1) is 0 Å². The molecule has 0 aliphatic carbocycles. The van der Waals surface area contributed by atoms with Crippen LogP contribution in [0.3, 0.4) is 0 Å². The second kappa shape index (κ2) is 5.12. The molecule has 96 valence electrons. The van der Waals surface area contributed by atoms with Crippen LogP contribution in [0.25, 0.3) is 0 Å². The molecule has 2 rings (SSSR count). The van der Waals surface area contributed by atoms with E-state index in [9.17, 15) is 5.11 Å². The first-order chi connectivity index (χ1) is 8.60. The normalized spacial score (nSPS) is 12.4. The van der Waals surface area contributed by atoms with Crippen molar-refractivity contribution in [1.82, 2.24) is 9.78 Å². The topological polar surface area (TPSA) is 50.1 Å². The molecule has 1 aromatic heterocycles. The molecule has 4 nitrogen and oxygen atoms in total. The molecule has 0 spiro atoms. The van der Waals surface area contributed by atoms with E-state index >= 15 is 0 Å². The van der Waals surface area contributed by atoms with E-state index < -0.39 is 0 Å². The van der Waals surface area contributed by atoms with Crippen molar-refractivity contribution in [3.63, 3.8) is 0 Å². The van der Waals surface area contributed by atoms with E-state index in [1.165, 1.54) is 0 Å². The number of phenolic OH excluding ortho intramolecular Hbond substituents is 1. The zero-order valence-corrected chi connectivity index (χ0v) is 11.0. The van der Waals surface area contributed by atoms with Crippen molar-refractivity contribution in [2.45, 2.75) is 26.3 Å². The van der Waals surface area contributed by atoms with Gasteiger partial charge < -0.3 is 10.4 Å². The highest BCUT2D eigenvalue weighted by Gasteiger charge is 2.10. The summed E-state index contributed by atoms with van der Waals surface area (Å²) in [7, 11) is 1.93. The third-order valence-electron chi connectivity index (χ3n) is 3.01. The Morgan fingerprint density at radius 3 is 2.61 bits per heavy atom. The van der Waals surface area contributed by atoms with Crippen LogP contribution in [0.2, 0.25) is 0 Å². The SMILES string of the molecule is CCc1nn(C)cc1NC(C)c1ccc(O)cc1. The van der Waals surface area contributed by atoms with Crippen LogP contribution in [0.4, 0.5) is 5.69 Å². The maximum Gasteiger partial charge on any atom is 0.115 e. The molecule has 0 amide bonds. The number of aromatic nitrogens is 2. The molecular weight excluding hydrogens is 226 g/mol. The van der Waals surface area contributed by atoms with Crippen LogP contribution in [0, 0.1) is 0 Å². The summed E-state index contributed by atoms with van der Waals surface area (Å²) in [6.45, 7) is 4.19. The van der Waals surface area contributed by atoms with Gasteiger partial charge in [0.05, 0.1) is 11.4 Å². The van der Waals surface area contributed by atoms with E-state index in [4.69, 9.17) is 0 Å². The van der Waals surface area contributed by atoms with E-state index in [1.54, 1.807) is 12.1 Å². The molecule has 0 saturated heterocycles. The van der Waals surface area contributed by atoms with Crippen LogP contribution in [0.1, 0.15) is 31.1 Å². The largest absolute Gasteiger partial charge is 0.508 e. The third kappa shape index (κ3) is 2.64. The summed E-state index contributed by atoms with van der Waals surface area (Å²) >= 11 is 0. The van der Waals surface area contributed by atoms with Gasteiger partial charge in [-0.25, -0.2) is 0 Å². The number of hydrogen-bond donors (Lipinski definition) is 2. The lowest BCUT2D eigenvalue weighted by Gasteiger charge is -2.15. The van der Waals surface area contributed by atoms with Gasteiger partial charge in [-0.2, -0.15) is 5.10 Å².